The van der Waals surface area contributed by atoms with Crippen molar-refractivity contribution in [2.45, 2.75) is 19.4 Å². The first-order chi connectivity index (χ1) is 9.85. The van der Waals surface area contributed by atoms with Crippen molar-refractivity contribution in [1.82, 2.24) is 10.1 Å². The van der Waals surface area contributed by atoms with Gasteiger partial charge in [0.05, 0.1) is 6.61 Å². The van der Waals surface area contributed by atoms with E-state index in [2.05, 4.69) is 10.1 Å². The van der Waals surface area contributed by atoms with Gasteiger partial charge in [0, 0.05) is 18.7 Å². The van der Waals surface area contributed by atoms with Crippen LogP contribution >= 0.6 is 0 Å². The molecule has 5 nitrogen and oxygen atoms in total. The van der Waals surface area contributed by atoms with E-state index in [0.717, 1.165) is 0 Å². The molecule has 1 heterocycles. The molecular weight excluding hydrogens is 287 g/mol. The van der Waals surface area contributed by atoms with Gasteiger partial charge in [0.2, 0.25) is 0 Å². The van der Waals surface area contributed by atoms with Crippen LogP contribution in [-0.4, -0.2) is 23.4 Å². The summed E-state index contributed by atoms with van der Waals surface area (Å²) in [7, 11) is 0. The maximum absolute atomic E-state index is 13.6. The lowest BCUT2D eigenvalue weighted by molar-refractivity contribution is 0.0962. The minimum absolute atomic E-state index is 0.0362. The fourth-order valence-corrected chi connectivity index (χ4v) is 1.68. The van der Waals surface area contributed by atoms with E-state index in [-0.39, 0.29) is 12.4 Å². The number of ether oxygens (including phenoxy) is 1. The van der Waals surface area contributed by atoms with Crippen LogP contribution in [0.25, 0.3) is 11.5 Å². The van der Waals surface area contributed by atoms with Gasteiger partial charge in [0.1, 0.15) is 28.6 Å². The summed E-state index contributed by atoms with van der Waals surface area (Å²) in [5.41, 5.74) is 4.28. The van der Waals surface area contributed by atoms with Crippen molar-refractivity contribution < 1.29 is 22.4 Å². The summed E-state index contributed by atoms with van der Waals surface area (Å²) in [6.07, 6.45) is 0. The highest BCUT2D eigenvalue weighted by molar-refractivity contribution is 5.55. The van der Waals surface area contributed by atoms with E-state index in [0.29, 0.717) is 18.7 Å². The van der Waals surface area contributed by atoms with Crippen LogP contribution < -0.4 is 5.73 Å². The molecule has 0 bridgehead atoms. The van der Waals surface area contributed by atoms with Gasteiger partial charge in [-0.25, -0.2) is 13.2 Å². The zero-order valence-corrected chi connectivity index (χ0v) is 11.5. The van der Waals surface area contributed by atoms with Crippen LogP contribution in [0.1, 0.15) is 19.7 Å². The third-order valence-electron chi connectivity index (χ3n) is 2.76. The third-order valence-corrected chi connectivity index (χ3v) is 2.76. The zero-order chi connectivity index (χ0) is 15.6. The predicted molar refractivity (Wildman–Crippen MR) is 67.6 cm³/mol. The summed E-state index contributed by atoms with van der Waals surface area (Å²) in [4.78, 5) is 3.87. The van der Waals surface area contributed by atoms with E-state index in [1.807, 2.05) is 0 Å². The fourth-order valence-electron chi connectivity index (χ4n) is 1.68. The second-order valence-electron chi connectivity index (χ2n) is 4.72. The Morgan fingerprint density at radius 3 is 2.48 bits per heavy atom. The summed E-state index contributed by atoms with van der Waals surface area (Å²) >= 11 is 0. The molecule has 8 heteroatoms. The molecule has 0 aliphatic carbocycles. The molecule has 0 aliphatic rings. The standard InChI is InChI=1S/C13H14F3N3O2/c1-3-20-6-13(2,17)12-18-11(21-19-12)10-8(15)4-7(14)5-9(10)16/h4-5H,3,6,17H2,1-2H3. The molecule has 0 saturated carbocycles. The highest BCUT2D eigenvalue weighted by Crippen LogP contribution is 2.27. The Kier molecular flexibility index (Phi) is 4.29. The van der Waals surface area contributed by atoms with Crippen molar-refractivity contribution in [2.24, 2.45) is 5.73 Å². The molecule has 2 N–H and O–H groups in total. The van der Waals surface area contributed by atoms with E-state index in [1.54, 1.807) is 13.8 Å². The maximum Gasteiger partial charge on any atom is 0.263 e. The van der Waals surface area contributed by atoms with E-state index in [4.69, 9.17) is 15.0 Å². The molecule has 2 aromatic rings. The molecule has 1 unspecified atom stereocenters. The summed E-state index contributed by atoms with van der Waals surface area (Å²) < 4.78 is 50.2. The smallest absolute Gasteiger partial charge is 0.263 e. The van der Waals surface area contributed by atoms with Crippen molar-refractivity contribution in [1.29, 1.82) is 0 Å². The summed E-state index contributed by atoms with van der Waals surface area (Å²) in [6.45, 7) is 3.94. The van der Waals surface area contributed by atoms with Crippen molar-refractivity contribution in [2.75, 3.05) is 13.2 Å². The maximum atomic E-state index is 13.6. The molecular formula is C13H14F3N3O2. The molecule has 0 radical (unpaired) electrons. The van der Waals surface area contributed by atoms with Gasteiger partial charge in [0.15, 0.2) is 5.82 Å². The zero-order valence-electron chi connectivity index (χ0n) is 11.5. The van der Waals surface area contributed by atoms with E-state index < -0.39 is 34.4 Å². The van der Waals surface area contributed by atoms with Crippen LogP contribution in [0.15, 0.2) is 16.7 Å². The number of hydrogen-bond acceptors (Lipinski definition) is 5. The number of rotatable bonds is 5. The Morgan fingerprint density at radius 2 is 1.90 bits per heavy atom. The van der Waals surface area contributed by atoms with Crippen molar-refractivity contribution in [3.8, 4) is 11.5 Å². The number of halogens is 3. The van der Waals surface area contributed by atoms with Gasteiger partial charge in [-0.3, -0.25) is 0 Å². The quantitative estimate of drug-likeness (QED) is 0.917. The number of aromatic nitrogens is 2. The molecule has 2 rings (SSSR count). The molecule has 0 aliphatic heterocycles. The van der Waals surface area contributed by atoms with Crippen molar-refractivity contribution in [3.63, 3.8) is 0 Å². The van der Waals surface area contributed by atoms with Crippen LogP contribution in [0.2, 0.25) is 0 Å². The highest BCUT2D eigenvalue weighted by Gasteiger charge is 2.29. The number of nitrogens with zero attached hydrogens (tertiary/aromatic N) is 2. The Morgan fingerprint density at radius 1 is 1.29 bits per heavy atom. The average Bonchev–Trinajstić information content (AvgIpc) is 2.85. The SMILES string of the molecule is CCOCC(C)(N)c1noc(-c2c(F)cc(F)cc2F)n1. The molecule has 114 valence electrons. The predicted octanol–water partition coefficient (Wildman–Crippen LogP) is 2.36. The second-order valence-corrected chi connectivity index (χ2v) is 4.72. The minimum atomic E-state index is -1.13. The van der Waals surface area contributed by atoms with Crippen LogP contribution in [0, 0.1) is 17.5 Å². The molecule has 0 fully saturated rings. The van der Waals surface area contributed by atoms with Crippen molar-refractivity contribution >= 4 is 0 Å². The van der Waals surface area contributed by atoms with Gasteiger partial charge in [0.25, 0.3) is 5.89 Å². The number of benzene rings is 1. The molecule has 1 aromatic carbocycles. The van der Waals surface area contributed by atoms with E-state index in [9.17, 15) is 13.2 Å². The first-order valence-electron chi connectivity index (χ1n) is 6.21. The van der Waals surface area contributed by atoms with E-state index in [1.165, 1.54) is 0 Å². The van der Waals surface area contributed by atoms with Gasteiger partial charge in [-0.15, -0.1) is 0 Å². The number of hydrogen-bond donors (Lipinski definition) is 1. The van der Waals surface area contributed by atoms with Crippen molar-refractivity contribution in [3.05, 3.63) is 35.4 Å². The van der Waals surface area contributed by atoms with Gasteiger partial charge in [-0.05, 0) is 13.8 Å². The lowest BCUT2D eigenvalue weighted by atomic mass is 10.1. The Balaban J connectivity index is 2.37. The Hall–Kier alpha value is -1.93. The lowest BCUT2D eigenvalue weighted by Crippen LogP contribution is -2.39. The minimum Gasteiger partial charge on any atom is -0.379 e. The van der Waals surface area contributed by atoms with E-state index >= 15 is 0 Å². The highest BCUT2D eigenvalue weighted by atomic mass is 19.1. The lowest BCUT2D eigenvalue weighted by Gasteiger charge is -2.19. The van der Waals surface area contributed by atoms with Gasteiger partial charge in [-0.2, -0.15) is 4.98 Å². The monoisotopic (exact) mass is 301 g/mol. The summed E-state index contributed by atoms with van der Waals surface area (Å²) in [5.74, 6) is -3.67. The van der Waals surface area contributed by atoms with Crippen LogP contribution in [0.4, 0.5) is 13.2 Å². The average molecular weight is 301 g/mol. The number of nitrogens with two attached hydrogens (primary N) is 1. The van der Waals surface area contributed by atoms with Gasteiger partial charge < -0.3 is 15.0 Å². The Labute approximate surface area is 118 Å². The topological polar surface area (TPSA) is 74.2 Å². The molecule has 0 spiro atoms. The fraction of sp³-hybridized carbons (Fsp3) is 0.385. The van der Waals surface area contributed by atoms with Crippen LogP contribution in [-0.2, 0) is 10.3 Å². The largest absolute Gasteiger partial charge is 0.379 e. The first-order valence-corrected chi connectivity index (χ1v) is 6.21. The molecule has 0 saturated heterocycles. The van der Waals surface area contributed by atoms with Gasteiger partial charge >= 0.3 is 0 Å². The summed E-state index contributed by atoms with van der Waals surface area (Å²) in [5, 5.41) is 3.60. The molecule has 1 aromatic heterocycles. The second kappa shape index (κ2) is 5.82. The molecule has 21 heavy (non-hydrogen) atoms. The summed E-state index contributed by atoms with van der Waals surface area (Å²) in [6, 6.07) is 1.06. The van der Waals surface area contributed by atoms with Crippen LogP contribution in [0.5, 0.6) is 0 Å². The van der Waals surface area contributed by atoms with Crippen LogP contribution in [0.3, 0.4) is 0 Å². The Bertz CT molecular complexity index is 620. The normalized spacial score (nSPS) is 14.2. The first kappa shape index (κ1) is 15.5. The van der Waals surface area contributed by atoms with Gasteiger partial charge in [-0.1, -0.05) is 5.16 Å². The molecule has 0 amide bonds. The molecule has 1 atom stereocenters. The third kappa shape index (κ3) is 3.22.